The molecule has 1 aliphatic heterocycles. The van der Waals surface area contributed by atoms with Crippen LogP contribution in [0.15, 0.2) is 30.3 Å². The maximum atomic E-state index is 14.6. The van der Waals surface area contributed by atoms with Gasteiger partial charge in [0, 0.05) is 17.9 Å². The van der Waals surface area contributed by atoms with Crippen molar-refractivity contribution in [3.8, 4) is 0 Å². The van der Waals surface area contributed by atoms with E-state index in [2.05, 4.69) is 10.6 Å². The van der Waals surface area contributed by atoms with Gasteiger partial charge in [-0.2, -0.15) is 11.8 Å². The quantitative estimate of drug-likeness (QED) is 0.832. The number of thioether (sulfide) groups is 1. The summed E-state index contributed by atoms with van der Waals surface area (Å²) in [6.45, 7) is 1.35. The molecule has 25 heavy (non-hydrogen) atoms. The van der Waals surface area contributed by atoms with Crippen LogP contribution in [0.2, 0.25) is 0 Å². The molecule has 0 aliphatic carbocycles. The van der Waals surface area contributed by atoms with Gasteiger partial charge in [-0.05, 0) is 60.2 Å². The van der Waals surface area contributed by atoms with Crippen LogP contribution >= 0.6 is 24.2 Å². The van der Waals surface area contributed by atoms with Crippen molar-refractivity contribution in [2.24, 2.45) is 0 Å². The Morgan fingerprint density at radius 2 is 2.08 bits per heavy atom. The highest BCUT2D eigenvalue weighted by molar-refractivity contribution is 7.97. The van der Waals surface area contributed by atoms with Crippen LogP contribution in [-0.4, -0.2) is 18.7 Å². The summed E-state index contributed by atoms with van der Waals surface area (Å²) in [5.74, 6) is -0.681. The molecule has 3 nitrogen and oxygen atoms in total. The first-order valence-corrected chi connectivity index (χ1v) is 9.09. The fourth-order valence-electron chi connectivity index (χ4n) is 2.81. The number of hydrogen-bond donors (Lipinski definition) is 2. The predicted octanol–water partition coefficient (Wildman–Crippen LogP) is 4.15. The van der Waals surface area contributed by atoms with Crippen molar-refractivity contribution in [1.82, 2.24) is 5.32 Å². The molecular weight excluding hydrogens is 366 g/mol. The van der Waals surface area contributed by atoms with E-state index in [9.17, 15) is 13.6 Å². The van der Waals surface area contributed by atoms with Gasteiger partial charge in [0.2, 0.25) is 0 Å². The third-order valence-electron chi connectivity index (χ3n) is 4.06. The molecule has 134 valence electrons. The molecule has 0 saturated carbocycles. The summed E-state index contributed by atoms with van der Waals surface area (Å²) in [4.78, 5) is 12.4. The fraction of sp³-hybridized carbons (Fsp3) is 0.278. The van der Waals surface area contributed by atoms with Crippen LogP contribution in [0.4, 0.5) is 14.5 Å². The number of rotatable bonds is 4. The second kappa shape index (κ2) is 8.65. The van der Waals surface area contributed by atoms with Crippen LogP contribution in [0.5, 0.6) is 0 Å². The molecule has 0 radical (unpaired) electrons. The Bertz CT molecular complexity index is 786. The fourth-order valence-corrected chi connectivity index (χ4v) is 3.34. The van der Waals surface area contributed by atoms with E-state index in [-0.39, 0.29) is 29.7 Å². The van der Waals surface area contributed by atoms with E-state index in [1.807, 2.05) is 12.3 Å². The molecule has 3 rings (SSSR count). The average molecular weight is 385 g/mol. The Kier molecular flexibility index (Phi) is 6.81. The minimum absolute atomic E-state index is 0. The van der Waals surface area contributed by atoms with Gasteiger partial charge >= 0.3 is 0 Å². The van der Waals surface area contributed by atoms with Gasteiger partial charge in [0.1, 0.15) is 11.6 Å². The number of fused-ring (bicyclic) bond motifs is 1. The number of anilines is 1. The lowest BCUT2D eigenvalue weighted by molar-refractivity contribution is 0.102. The van der Waals surface area contributed by atoms with E-state index < -0.39 is 5.91 Å². The van der Waals surface area contributed by atoms with Gasteiger partial charge < -0.3 is 10.6 Å². The molecule has 0 fully saturated rings. The number of benzene rings is 2. The summed E-state index contributed by atoms with van der Waals surface area (Å²) >= 11 is 1.47. The molecule has 0 saturated heterocycles. The monoisotopic (exact) mass is 384 g/mol. The number of nitrogens with one attached hydrogen (secondary N) is 2. The van der Waals surface area contributed by atoms with Crippen molar-refractivity contribution in [3.05, 3.63) is 64.2 Å². The number of halogens is 3. The smallest absolute Gasteiger partial charge is 0.255 e. The predicted molar refractivity (Wildman–Crippen MR) is 101 cm³/mol. The molecule has 0 aromatic heterocycles. The van der Waals surface area contributed by atoms with E-state index >= 15 is 0 Å². The standard InChI is InChI=1S/C18H18F2N2OS.ClH/c1-24-10-13-8-11(2-4-15(13)19)18(23)22-16-5-3-12-9-21-7-6-14(12)17(16)20;/h2-5,8,21H,6-7,9-10H2,1H3,(H,22,23);1H. The second-order valence-electron chi connectivity index (χ2n) is 5.68. The molecule has 2 aromatic rings. The van der Waals surface area contributed by atoms with Crippen LogP contribution in [-0.2, 0) is 18.7 Å². The van der Waals surface area contributed by atoms with E-state index in [0.717, 1.165) is 12.1 Å². The van der Waals surface area contributed by atoms with E-state index in [1.165, 1.54) is 30.0 Å². The Morgan fingerprint density at radius 3 is 2.84 bits per heavy atom. The first-order chi connectivity index (χ1) is 11.6. The lowest BCUT2D eigenvalue weighted by atomic mass is 9.99. The minimum Gasteiger partial charge on any atom is -0.319 e. The highest BCUT2D eigenvalue weighted by Crippen LogP contribution is 2.25. The molecule has 2 N–H and O–H groups in total. The Labute approximate surface area is 156 Å². The van der Waals surface area contributed by atoms with Crippen LogP contribution in [0, 0.1) is 11.6 Å². The maximum absolute atomic E-state index is 14.6. The van der Waals surface area contributed by atoms with Crippen molar-refractivity contribution in [2.75, 3.05) is 18.1 Å². The largest absolute Gasteiger partial charge is 0.319 e. The van der Waals surface area contributed by atoms with Gasteiger partial charge in [0.25, 0.3) is 5.91 Å². The van der Waals surface area contributed by atoms with Gasteiger partial charge in [0.05, 0.1) is 5.69 Å². The van der Waals surface area contributed by atoms with Crippen molar-refractivity contribution >= 4 is 35.8 Å². The first kappa shape index (κ1) is 19.7. The third kappa shape index (κ3) is 4.32. The first-order valence-electron chi connectivity index (χ1n) is 7.70. The van der Waals surface area contributed by atoms with Crippen LogP contribution < -0.4 is 10.6 Å². The zero-order valence-electron chi connectivity index (χ0n) is 13.7. The molecule has 2 aromatic carbocycles. The highest BCUT2D eigenvalue weighted by atomic mass is 35.5. The van der Waals surface area contributed by atoms with Crippen LogP contribution in [0.1, 0.15) is 27.0 Å². The zero-order valence-corrected chi connectivity index (χ0v) is 15.3. The maximum Gasteiger partial charge on any atom is 0.255 e. The van der Waals surface area contributed by atoms with Gasteiger partial charge in [-0.3, -0.25) is 4.79 Å². The molecule has 0 unspecified atom stereocenters. The summed E-state index contributed by atoms with van der Waals surface area (Å²) in [5.41, 5.74) is 2.51. The van der Waals surface area contributed by atoms with Crippen molar-refractivity contribution < 1.29 is 13.6 Å². The number of amides is 1. The van der Waals surface area contributed by atoms with Gasteiger partial charge in [0.15, 0.2) is 0 Å². The van der Waals surface area contributed by atoms with Crippen molar-refractivity contribution in [2.45, 2.75) is 18.7 Å². The molecule has 7 heteroatoms. The van der Waals surface area contributed by atoms with Crippen molar-refractivity contribution in [1.29, 1.82) is 0 Å². The second-order valence-corrected chi connectivity index (χ2v) is 6.55. The van der Waals surface area contributed by atoms with Crippen LogP contribution in [0.25, 0.3) is 0 Å². The Morgan fingerprint density at radius 1 is 1.28 bits per heavy atom. The van der Waals surface area contributed by atoms with Gasteiger partial charge in [-0.15, -0.1) is 12.4 Å². The molecule has 0 spiro atoms. The summed E-state index contributed by atoms with van der Waals surface area (Å²) in [7, 11) is 0. The summed E-state index contributed by atoms with van der Waals surface area (Å²) < 4.78 is 28.3. The molecular formula is C18H19ClF2N2OS. The molecule has 1 heterocycles. The normalized spacial score (nSPS) is 12.9. The zero-order chi connectivity index (χ0) is 17.1. The summed E-state index contributed by atoms with van der Waals surface area (Å²) in [6.07, 6.45) is 2.46. The summed E-state index contributed by atoms with van der Waals surface area (Å²) in [6, 6.07) is 7.60. The third-order valence-corrected chi connectivity index (χ3v) is 4.66. The lowest BCUT2D eigenvalue weighted by Gasteiger charge is -2.19. The molecule has 1 aliphatic rings. The molecule has 1 amide bonds. The summed E-state index contributed by atoms with van der Waals surface area (Å²) in [5, 5.41) is 5.79. The molecule has 0 bridgehead atoms. The number of carbonyl (C=O) groups is 1. The highest BCUT2D eigenvalue weighted by Gasteiger charge is 2.18. The Balaban J connectivity index is 0.00000225. The number of carbonyl (C=O) groups excluding carboxylic acids is 1. The lowest BCUT2D eigenvalue weighted by Crippen LogP contribution is -2.25. The van der Waals surface area contributed by atoms with Crippen LogP contribution in [0.3, 0.4) is 0 Å². The number of hydrogen-bond acceptors (Lipinski definition) is 3. The van der Waals surface area contributed by atoms with E-state index in [0.29, 0.717) is 35.4 Å². The van der Waals surface area contributed by atoms with E-state index in [4.69, 9.17) is 0 Å². The van der Waals surface area contributed by atoms with Crippen molar-refractivity contribution in [3.63, 3.8) is 0 Å². The molecule has 0 atom stereocenters. The average Bonchev–Trinajstić information content (AvgIpc) is 2.59. The van der Waals surface area contributed by atoms with Gasteiger partial charge in [-0.1, -0.05) is 6.07 Å². The SMILES string of the molecule is CSCc1cc(C(=O)Nc2ccc3c(c2F)CCNC3)ccc1F.Cl. The topological polar surface area (TPSA) is 41.1 Å². The Hall–Kier alpha value is -1.63. The minimum atomic E-state index is -0.440. The van der Waals surface area contributed by atoms with E-state index in [1.54, 1.807) is 6.07 Å². The van der Waals surface area contributed by atoms with Gasteiger partial charge in [-0.25, -0.2) is 8.78 Å².